The number of alkyl halides is 9. The monoisotopic (exact) mass is 756 g/mol. The highest BCUT2D eigenvalue weighted by Gasteiger charge is 2.86. The lowest BCUT2D eigenvalue weighted by Crippen LogP contribution is -2.63. The summed E-state index contributed by atoms with van der Waals surface area (Å²) < 4.78 is 168. The molecule has 5 nitrogen and oxygen atoms in total. The van der Waals surface area contributed by atoms with E-state index in [-0.39, 0.29) is 25.5 Å². The van der Waals surface area contributed by atoms with Gasteiger partial charge in [0.1, 0.15) is 11.5 Å². The summed E-state index contributed by atoms with van der Waals surface area (Å²) in [6.45, 7) is 1.84. The van der Waals surface area contributed by atoms with Gasteiger partial charge in [-0.25, -0.2) is 3.63 Å². The predicted octanol–water partition coefficient (Wildman–Crippen LogP) is 10.3. The van der Waals surface area contributed by atoms with Crippen molar-refractivity contribution in [1.29, 1.82) is 0 Å². The Morgan fingerprint density at radius 2 is 1.09 bits per heavy atom. The molecule has 0 amide bonds. The maximum absolute atomic E-state index is 15.1. The fourth-order valence-corrected chi connectivity index (χ4v) is 13.5. The normalized spacial score (nSPS) is 13.9. The van der Waals surface area contributed by atoms with Crippen molar-refractivity contribution in [3.63, 3.8) is 0 Å². The SMILES string of the molecule is COc1ccc(S(OS(=O)(=O)C(F)(F)C(F)(F)C(F)(F)C(F)(F)F)(c2ccc(OC)cc2)c2ccc(Sc3ccc(C)s3)s2)cc1. The first-order chi connectivity index (χ1) is 21.2. The number of ether oxygens (including phenoxy) is 2. The minimum absolute atomic E-state index is 0.149. The third-order valence-corrected chi connectivity index (χ3v) is 15.3. The number of aryl methyl sites for hydroxylation is 1. The molecule has 0 bridgehead atoms. The van der Waals surface area contributed by atoms with Crippen LogP contribution in [0.3, 0.4) is 0 Å². The molecule has 0 spiro atoms. The van der Waals surface area contributed by atoms with E-state index in [4.69, 9.17) is 13.1 Å². The van der Waals surface area contributed by atoms with Crippen molar-refractivity contribution in [2.45, 2.75) is 52.6 Å². The minimum Gasteiger partial charge on any atom is -0.497 e. The largest absolute Gasteiger partial charge is 0.497 e. The minimum atomic E-state index is -7.49. The lowest BCUT2D eigenvalue weighted by Gasteiger charge is -2.40. The summed E-state index contributed by atoms with van der Waals surface area (Å²) in [7, 11) is -8.94. The van der Waals surface area contributed by atoms with Crippen molar-refractivity contribution in [1.82, 2.24) is 0 Å². The zero-order valence-corrected chi connectivity index (χ0v) is 27.5. The quantitative estimate of drug-likeness (QED) is 0.134. The number of halogens is 9. The van der Waals surface area contributed by atoms with Crippen molar-refractivity contribution < 1.29 is 61.0 Å². The fraction of sp³-hybridized carbons (Fsp3) is 0.259. The molecule has 2 heterocycles. The molecule has 0 radical (unpaired) electrons. The Morgan fingerprint density at radius 3 is 1.50 bits per heavy atom. The van der Waals surface area contributed by atoms with Crippen molar-refractivity contribution in [3.05, 3.63) is 77.7 Å². The number of hydrogen-bond acceptors (Lipinski definition) is 8. The highest BCUT2D eigenvalue weighted by Crippen LogP contribution is 2.73. The van der Waals surface area contributed by atoms with Gasteiger partial charge in [-0.2, -0.15) is 47.9 Å². The molecular formula is C27H21F9O5S5. The molecule has 0 saturated heterocycles. The highest BCUT2D eigenvalue weighted by molar-refractivity contribution is 8.34. The standard InChI is InChI=1S/C27H21F9O5S5/c1-16-4-13-21(42-16)43-22-14-15-23(44-22)45(19-9-5-17(39-2)6-10-19,20-11-7-18(40-3)8-12-20)41-46(37,38)27(35,36)25(30,31)24(28,29)26(32,33)34/h4-15H,1-3H3. The summed E-state index contributed by atoms with van der Waals surface area (Å²) in [5.41, 5.74) is 0. The third-order valence-electron chi connectivity index (χ3n) is 6.16. The highest BCUT2D eigenvalue weighted by atomic mass is 32.3. The van der Waals surface area contributed by atoms with Gasteiger partial charge in [0.05, 0.1) is 26.8 Å². The van der Waals surface area contributed by atoms with Gasteiger partial charge in [0.25, 0.3) is 0 Å². The first kappa shape index (κ1) is 36.3. The first-order valence-corrected chi connectivity index (χ1v) is 17.8. The summed E-state index contributed by atoms with van der Waals surface area (Å²) in [5, 5.41) is -7.08. The van der Waals surface area contributed by atoms with Gasteiger partial charge in [-0.3, -0.25) is 0 Å². The Hall–Kier alpha value is -2.58. The molecule has 19 heteroatoms. The van der Waals surface area contributed by atoms with Gasteiger partial charge in [0.2, 0.25) is 0 Å². The van der Waals surface area contributed by atoms with E-state index in [0.717, 1.165) is 20.4 Å². The van der Waals surface area contributed by atoms with E-state index in [0.29, 0.717) is 4.21 Å². The van der Waals surface area contributed by atoms with Crippen LogP contribution in [0.1, 0.15) is 4.88 Å². The van der Waals surface area contributed by atoms with Gasteiger partial charge in [-0.15, -0.1) is 22.7 Å². The van der Waals surface area contributed by atoms with Crippen LogP contribution in [0.25, 0.3) is 0 Å². The van der Waals surface area contributed by atoms with Crippen molar-refractivity contribution in [2.75, 3.05) is 14.2 Å². The maximum Gasteiger partial charge on any atom is 0.460 e. The van der Waals surface area contributed by atoms with Gasteiger partial charge in [0.15, 0.2) is 0 Å². The number of hydrogen-bond donors (Lipinski definition) is 0. The molecule has 0 fully saturated rings. The summed E-state index contributed by atoms with van der Waals surface area (Å²) in [6, 6.07) is 16.1. The molecular weight excluding hydrogens is 736 g/mol. The van der Waals surface area contributed by atoms with Gasteiger partial charge in [0, 0.05) is 14.7 Å². The van der Waals surface area contributed by atoms with E-state index in [2.05, 4.69) is 0 Å². The van der Waals surface area contributed by atoms with E-state index >= 15 is 8.78 Å². The van der Waals surface area contributed by atoms with Crippen LogP contribution >= 0.6 is 44.7 Å². The second kappa shape index (κ2) is 12.8. The fourth-order valence-electron chi connectivity index (χ4n) is 3.79. The molecule has 0 unspecified atom stereocenters. The molecule has 0 saturated carbocycles. The lowest BCUT2D eigenvalue weighted by atomic mass is 10.1. The molecule has 4 rings (SSSR count). The van der Waals surface area contributed by atoms with Crippen molar-refractivity contribution >= 4 is 54.9 Å². The molecule has 4 aromatic rings. The molecule has 2 aromatic heterocycles. The molecule has 0 aliphatic rings. The average molecular weight is 757 g/mol. The molecule has 46 heavy (non-hydrogen) atoms. The van der Waals surface area contributed by atoms with Gasteiger partial charge in [-0.1, -0.05) is 11.8 Å². The summed E-state index contributed by atoms with van der Waals surface area (Å²) in [4.78, 5) is 0.493. The molecule has 2 aromatic carbocycles. The summed E-state index contributed by atoms with van der Waals surface area (Å²) >= 11 is 3.41. The van der Waals surface area contributed by atoms with E-state index in [9.17, 15) is 39.2 Å². The van der Waals surface area contributed by atoms with Crippen LogP contribution in [-0.4, -0.2) is 45.9 Å². The zero-order chi connectivity index (χ0) is 34.3. The zero-order valence-electron chi connectivity index (χ0n) is 23.4. The van der Waals surface area contributed by atoms with Gasteiger partial charge >= 0.3 is 33.4 Å². The Kier molecular flexibility index (Phi) is 10.1. The topological polar surface area (TPSA) is 61.8 Å². The first-order valence-electron chi connectivity index (χ1n) is 12.3. The van der Waals surface area contributed by atoms with Crippen LogP contribution in [0.4, 0.5) is 39.5 Å². The second-order valence-electron chi connectivity index (χ2n) is 9.13. The lowest BCUT2D eigenvalue weighted by molar-refractivity contribution is -0.382. The summed E-state index contributed by atoms with van der Waals surface area (Å²) in [5.74, 6) is -14.6. The van der Waals surface area contributed by atoms with Crippen LogP contribution in [-0.2, 0) is 13.7 Å². The van der Waals surface area contributed by atoms with E-state index in [1.54, 1.807) is 6.07 Å². The third kappa shape index (κ3) is 6.33. The van der Waals surface area contributed by atoms with E-state index in [1.807, 2.05) is 13.0 Å². The molecule has 0 N–H and O–H groups in total. The smallest absolute Gasteiger partial charge is 0.460 e. The number of rotatable bonds is 12. The second-order valence-corrected chi connectivity index (χ2v) is 17.8. The number of methoxy groups -OCH3 is 2. The average Bonchev–Trinajstić information content (AvgIpc) is 3.64. The number of benzene rings is 2. The van der Waals surface area contributed by atoms with Crippen LogP contribution in [0.5, 0.6) is 11.5 Å². The molecule has 0 atom stereocenters. The molecule has 252 valence electrons. The van der Waals surface area contributed by atoms with Crippen LogP contribution in [0, 0.1) is 6.92 Å². The van der Waals surface area contributed by atoms with Gasteiger partial charge < -0.3 is 9.47 Å². The van der Waals surface area contributed by atoms with Gasteiger partial charge in [-0.05, 0) is 90.0 Å². The number of thiophene rings is 2. The van der Waals surface area contributed by atoms with Crippen molar-refractivity contribution in [3.8, 4) is 11.5 Å². The predicted molar refractivity (Wildman–Crippen MR) is 157 cm³/mol. The molecule has 0 aliphatic carbocycles. The Bertz CT molecular complexity index is 1720. The van der Waals surface area contributed by atoms with Crippen LogP contribution < -0.4 is 9.47 Å². The Morgan fingerprint density at radius 1 is 0.630 bits per heavy atom. The van der Waals surface area contributed by atoms with E-state index < -0.39 is 43.7 Å². The Labute approximate surface area is 270 Å². The summed E-state index contributed by atoms with van der Waals surface area (Å²) in [6.07, 6.45) is -7.24. The van der Waals surface area contributed by atoms with Crippen LogP contribution in [0.2, 0.25) is 0 Å². The molecule has 0 aliphatic heterocycles. The van der Waals surface area contributed by atoms with E-state index in [1.165, 1.54) is 98.0 Å². The maximum atomic E-state index is 15.1. The van der Waals surface area contributed by atoms with Crippen LogP contribution in [0.15, 0.2) is 95.2 Å². The Balaban J connectivity index is 2.00. The van der Waals surface area contributed by atoms with Crippen molar-refractivity contribution in [2.24, 2.45) is 0 Å².